The van der Waals surface area contributed by atoms with E-state index >= 15 is 0 Å². The first-order valence-electron chi connectivity index (χ1n) is 6.18. The Labute approximate surface area is 111 Å². The van der Waals surface area contributed by atoms with Gasteiger partial charge in [0.05, 0.1) is 11.8 Å². The fraction of sp³-hybridized carbons (Fsp3) is 0.909. The van der Waals surface area contributed by atoms with Crippen LogP contribution in [0.5, 0.6) is 0 Å². The minimum atomic E-state index is -4.35. The van der Waals surface area contributed by atoms with Gasteiger partial charge in [0.15, 0.2) is 0 Å². The molecule has 0 radical (unpaired) electrons. The molecule has 110 valence electrons. The molecular weight excluding hydrogens is 281 g/mol. The van der Waals surface area contributed by atoms with Crippen LogP contribution in [0.4, 0.5) is 13.2 Å². The van der Waals surface area contributed by atoms with Crippen LogP contribution in [0.3, 0.4) is 0 Å². The highest BCUT2D eigenvalue weighted by molar-refractivity contribution is 7.89. The molecule has 1 saturated carbocycles. The summed E-state index contributed by atoms with van der Waals surface area (Å²) < 4.78 is 61.6. The summed E-state index contributed by atoms with van der Waals surface area (Å²) in [5, 5.41) is 9.10. The minimum Gasteiger partial charge on any atom is -0.212 e. The Morgan fingerprint density at radius 1 is 1.21 bits per heavy atom. The first kappa shape index (κ1) is 16.2. The highest BCUT2D eigenvalue weighted by atomic mass is 32.2. The molecule has 0 amide bonds. The van der Waals surface area contributed by atoms with Gasteiger partial charge in [-0.3, -0.25) is 0 Å². The lowest BCUT2D eigenvalue weighted by molar-refractivity contribution is -0.134. The van der Waals surface area contributed by atoms with Gasteiger partial charge in [0.1, 0.15) is 5.54 Å². The highest BCUT2D eigenvalue weighted by Gasteiger charge is 2.36. The van der Waals surface area contributed by atoms with Crippen LogP contribution < -0.4 is 4.72 Å². The Morgan fingerprint density at radius 3 is 2.26 bits per heavy atom. The van der Waals surface area contributed by atoms with Gasteiger partial charge in [-0.25, -0.2) is 8.42 Å². The van der Waals surface area contributed by atoms with E-state index in [1.165, 1.54) is 0 Å². The number of nitriles is 1. The predicted molar refractivity (Wildman–Crippen MR) is 63.6 cm³/mol. The van der Waals surface area contributed by atoms with E-state index in [4.69, 9.17) is 5.26 Å². The molecular formula is C11H17F3N2O2S. The van der Waals surface area contributed by atoms with Gasteiger partial charge >= 0.3 is 6.18 Å². The van der Waals surface area contributed by atoms with Crippen molar-refractivity contribution in [3.05, 3.63) is 0 Å². The molecule has 1 fully saturated rings. The molecule has 1 aliphatic rings. The molecule has 1 N–H and O–H groups in total. The van der Waals surface area contributed by atoms with E-state index in [9.17, 15) is 21.6 Å². The average Bonchev–Trinajstić information content (AvgIpc) is 2.27. The zero-order valence-corrected chi connectivity index (χ0v) is 11.3. The maximum absolute atomic E-state index is 12.0. The Bertz CT molecular complexity index is 434. The van der Waals surface area contributed by atoms with E-state index in [1.807, 2.05) is 6.07 Å². The van der Waals surface area contributed by atoms with E-state index in [-0.39, 0.29) is 0 Å². The third-order valence-electron chi connectivity index (χ3n) is 3.15. The molecule has 0 aromatic heterocycles. The van der Waals surface area contributed by atoms with E-state index in [1.54, 1.807) is 0 Å². The Balaban J connectivity index is 2.56. The molecule has 0 aliphatic heterocycles. The van der Waals surface area contributed by atoms with Crippen molar-refractivity contribution in [2.75, 3.05) is 5.75 Å². The number of hydrogen-bond acceptors (Lipinski definition) is 3. The van der Waals surface area contributed by atoms with Gasteiger partial charge in [0.2, 0.25) is 10.0 Å². The average molecular weight is 298 g/mol. The fourth-order valence-corrected chi connectivity index (χ4v) is 3.67. The van der Waals surface area contributed by atoms with E-state index in [0.717, 1.165) is 19.3 Å². The topological polar surface area (TPSA) is 70.0 Å². The largest absolute Gasteiger partial charge is 0.389 e. The summed E-state index contributed by atoms with van der Waals surface area (Å²) in [5.74, 6) is -0.601. The number of nitrogens with zero attached hydrogens (tertiary/aromatic N) is 1. The molecule has 0 spiro atoms. The normalized spacial score (nSPS) is 19.9. The third kappa shape index (κ3) is 5.78. The molecule has 8 heteroatoms. The molecule has 0 unspecified atom stereocenters. The van der Waals surface area contributed by atoms with Crippen molar-refractivity contribution < 1.29 is 21.6 Å². The highest BCUT2D eigenvalue weighted by Crippen LogP contribution is 2.28. The van der Waals surface area contributed by atoms with Crippen molar-refractivity contribution in [1.82, 2.24) is 4.72 Å². The van der Waals surface area contributed by atoms with Gasteiger partial charge in [0, 0.05) is 6.42 Å². The Morgan fingerprint density at radius 2 is 1.79 bits per heavy atom. The molecule has 0 saturated heterocycles. The predicted octanol–water partition coefficient (Wildman–Crippen LogP) is 2.47. The van der Waals surface area contributed by atoms with Crippen LogP contribution >= 0.6 is 0 Å². The number of halogens is 3. The number of sulfonamides is 1. The summed E-state index contributed by atoms with van der Waals surface area (Å²) in [6, 6.07) is 1.97. The van der Waals surface area contributed by atoms with Crippen molar-refractivity contribution >= 4 is 10.0 Å². The monoisotopic (exact) mass is 298 g/mol. The van der Waals surface area contributed by atoms with Crippen molar-refractivity contribution in [2.24, 2.45) is 0 Å². The molecule has 0 heterocycles. The quantitative estimate of drug-likeness (QED) is 0.847. The van der Waals surface area contributed by atoms with Crippen LogP contribution in [0.1, 0.15) is 44.9 Å². The smallest absolute Gasteiger partial charge is 0.212 e. The lowest BCUT2D eigenvalue weighted by Gasteiger charge is -2.31. The van der Waals surface area contributed by atoms with Gasteiger partial charge in [-0.2, -0.15) is 23.2 Å². The second kappa shape index (κ2) is 6.09. The zero-order valence-electron chi connectivity index (χ0n) is 10.5. The molecule has 0 bridgehead atoms. The van der Waals surface area contributed by atoms with Gasteiger partial charge in [0.25, 0.3) is 0 Å². The van der Waals surface area contributed by atoms with Crippen LogP contribution in [-0.2, 0) is 10.0 Å². The lowest BCUT2D eigenvalue weighted by Crippen LogP contribution is -2.49. The molecule has 1 aliphatic carbocycles. The summed E-state index contributed by atoms with van der Waals surface area (Å²) in [7, 11) is -3.85. The third-order valence-corrected chi connectivity index (χ3v) is 4.67. The van der Waals surface area contributed by atoms with E-state index in [2.05, 4.69) is 4.72 Å². The van der Waals surface area contributed by atoms with Gasteiger partial charge in [-0.15, -0.1) is 0 Å². The molecule has 19 heavy (non-hydrogen) atoms. The maximum atomic E-state index is 12.0. The second-order valence-corrected chi connectivity index (χ2v) is 6.74. The van der Waals surface area contributed by atoms with Crippen LogP contribution in [0.15, 0.2) is 0 Å². The van der Waals surface area contributed by atoms with Crippen molar-refractivity contribution in [3.63, 3.8) is 0 Å². The summed E-state index contributed by atoms with van der Waals surface area (Å²) in [5.41, 5.74) is -1.13. The van der Waals surface area contributed by atoms with Crippen molar-refractivity contribution in [1.29, 1.82) is 5.26 Å². The Hall–Kier alpha value is -0.810. The van der Waals surface area contributed by atoms with Crippen molar-refractivity contribution in [3.8, 4) is 6.07 Å². The SMILES string of the molecule is N#CC1(NS(=O)(=O)CCCC(F)(F)F)CCCCC1. The van der Waals surface area contributed by atoms with Crippen LogP contribution in [0, 0.1) is 11.3 Å². The summed E-state index contributed by atoms with van der Waals surface area (Å²) >= 11 is 0. The number of hydrogen-bond donors (Lipinski definition) is 1. The number of rotatable bonds is 5. The molecule has 0 atom stereocenters. The van der Waals surface area contributed by atoms with Gasteiger partial charge in [-0.1, -0.05) is 19.3 Å². The van der Waals surface area contributed by atoms with Crippen LogP contribution in [0.2, 0.25) is 0 Å². The maximum Gasteiger partial charge on any atom is 0.389 e. The first-order chi connectivity index (χ1) is 8.68. The zero-order chi connectivity index (χ0) is 14.6. The summed E-state index contributed by atoms with van der Waals surface area (Å²) in [4.78, 5) is 0. The van der Waals surface area contributed by atoms with Crippen molar-refractivity contribution in [2.45, 2.75) is 56.7 Å². The molecule has 0 aromatic rings. The number of nitrogens with one attached hydrogen (secondary N) is 1. The van der Waals surface area contributed by atoms with Gasteiger partial charge < -0.3 is 0 Å². The minimum absolute atomic E-state index is 0.419. The van der Waals surface area contributed by atoms with Crippen LogP contribution in [-0.4, -0.2) is 25.9 Å². The van der Waals surface area contributed by atoms with E-state index < -0.39 is 40.3 Å². The molecule has 1 rings (SSSR count). The van der Waals surface area contributed by atoms with Crippen LogP contribution in [0.25, 0.3) is 0 Å². The Kier molecular flexibility index (Phi) is 5.21. The van der Waals surface area contributed by atoms with E-state index in [0.29, 0.717) is 12.8 Å². The molecule has 0 aromatic carbocycles. The standard InChI is InChI=1S/C11H17F3N2O2S/c12-11(13,14)7-4-8-19(17,18)16-10(9-15)5-2-1-3-6-10/h16H,1-8H2. The summed E-state index contributed by atoms with van der Waals surface area (Å²) in [6.45, 7) is 0. The second-order valence-electron chi connectivity index (χ2n) is 4.89. The fourth-order valence-electron chi connectivity index (χ4n) is 2.20. The van der Waals surface area contributed by atoms with Gasteiger partial charge in [-0.05, 0) is 19.3 Å². The lowest BCUT2D eigenvalue weighted by atomic mass is 9.84. The molecule has 4 nitrogen and oxygen atoms in total. The summed E-state index contributed by atoms with van der Waals surface area (Å²) in [6.07, 6.45) is -2.69. The first-order valence-corrected chi connectivity index (χ1v) is 7.83. The number of alkyl halides is 3.